The molecule has 0 aliphatic carbocycles. The Hall–Kier alpha value is -0.990. The summed E-state index contributed by atoms with van der Waals surface area (Å²) >= 11 is 5.88. The van der Waals surface area contributed by atoms with Crippen LogP contribution in [-0.4, -0.2) is 26.2 Å². The average Bonchev–Trinajstić information content (AvgIpc) is 2.78. The number of nitrogens with one attached hydrogen (secondary N) is 1. The number of hydrogen-bond donors (Lipinski definition) is 1. The quantitative estimate of drug-likeness (QED) is 0.729. The predicted octanol–water partition coefficient (Wildman–Crippen LogP) is 2.06. The topological polar surface area (TPSA) is 15.3 Å². The zero-order valence-electron chi connectivity index (χ0n) is 8.46. The van der Waals surface area contributed by atoms with Crippen LogP contribution in [0.4, 0.5) is 5.69 Å². The zero-order chi connectivity index (χ0) is 10.3. The van der Waals surface area contributed by atoms with E-state index in [4.69, 9.17) is 11.6 Å². The highest BCUT2D eigenvalue weighted by Crippen LogP contribution is 2.26. The van der Waals surface area contributed by atoms with Crippen LogP contribution in [0, 0.1) is 0 Å². The molecule has 0 unspecified atom stereocenters. The van der Waals surface area contributed by atoms with Crippen molar-refractivity contribution in [1.82, 2.24) is 5.32 Å². The molecule has 0 radical (unpaired) electrons. The summed E-state index contributed by atoms with van der Waals surface area (Å²) in [7, 11) is 0. The van der Waals surface area contributed by atoms with E-state index in [-0.39, 0.29) is 0 Å². The molecule has 1 aromatic carbocycles. The van der Waals surface area contributed by atoms with Crippen molar-refractivity contribution in [2.24, 2.45) is 0 Å². The van der Waals surface area contributed by atoms with Crippen molar-refractivity contribution in [3.63, 3.8) is 0 Å². The molecule has 2 nitrogen and oxygen atoms in total. The summed E-state index contributed by atoms with van der Waals surface area (Å²) in [5.74, 6) is 0. The molecule has 0 atom stereocenters. The normalized spacial score (nSPS) is 19.9. The molecule has 15 heavy (non-hydrogen) atoms. The minimum atomic E-state index is 0.806. The number of nitrogens with zero attached hydrogens (tertiary/aromatic N) is 1. The smallest absolute Gasteiger partial charge is 0.0408 e. The number of halogens is 1. The minimum absolute atomic E-state index is 0.806. The van der Waals surface area contributed by atoms with Crippen molar-refractivity contribution >= 4 is 17.3 Å². The monoisotopic (exact) mass is 220 g/mol. The Morgan fingerprint density at radius 1 is 1.00 bits per heavy atom. The summed E-state index contributed by atoms with van der Waals surface area (Å²) in [5.41, 5.74) is 4.42. The maximum atomic E-state index is 5.88. The third-order valence-corrected chi connectivity index (χ3v) is 3.38. The van der Waals surface area contributed by atoms with E-state index < -0.39 is 0 Å². The molecule has 2 aliphatic heterocycles. The molecular formula is C12H13ClN2. The molecule has 0 amide bonds. The lowest BCUT2D eigenvalue weighted by Crippen LogP contribution is -2.26. The molecule has 2 heterocycles. The number of hydrogen-bond acceptors (Lipinski definition) is 2. The minimum Gasteiger partial charge on any atom is -0.363 e. The molecule has 3 rings (SSSR count). The first kappa shape index (κ1) is 9.25. The third-order valence-electron chi connectivity index (χ3n) is 3.13. The number of benzene rings is 1. The molecule has 1 aromatic rings. The lowest BCUT2D eigenvalue weighted by molar-refractivity contribution is 0.804. The Morgan fingerprint density at radius 2 is 1.60 bits per heavy atom. The second kappa shape index (κ2) is 3.54. The van der Waals surface area contributed by atoms with Gasteiger partial charge in [-0.25, -0.2) is 0 Å². The van der Waals surface area contributed by atoms with Gasteiger partial charge < -0.3 is 10.2 Å². The van der Waals surface area contributed by atoms with Gasteiger partial charge in [0.05, 0.1) is 0 Å². The van der Waals surface area contributed by atoms with Gasteiger partial charge in [0.1, 0.15) is 0 Å². The highest BCUT2D eigenvalue weighted by atomic mass is 35.5. The van der Waals surface area contributed by atoms with Crippen molar-refractivity contribution in [1.29, 1.82) is 0 Å². The van der Waals surface area contributed by atoms with Crippen LogP contribution in [0.5, 0.6) is 0 Å². The van der Waals surface area contributed by atoms with Crippen LogP contribution in [0.25, 0.3) is 0 Å². The maximum Gasteiger partial charge on any atom is 0.0408 e. The van der Waals surface area contributed by atoms with Crippen molar-refractivity contribution in [3.8, 4) is 0 Å². The Balaban J connectivity index is 1.79. The van der Waals surface area contributed by atoms with Gasteiger partial charge in [0.25, 0.3) is 0 Å². The maximum absolute atomic E-state index is 5.88. The summed E-state index contributed by atoms with van der Waals surface area (Å²) in [4.78, 5) is 2.40. The van der Waals surface area contributed by atoms with Crippen LogP contribution < -0.4 is 10.2 Å². The first-order valence-corrected chi connectivity index (χ1v) is 5.62. The van der Waals surface area contributed by atoms with Gasteiger partial charge in [-0.05, 0) is 35.4 Å². The van der Waals surface area contributed by atoms with Crippen LogP contribution >= 0.6 is 11.6 Å². The molecule has 78 valence electrons. The highest BCUT2D eigenvalue weighted by molar-refractivity contribution is 6.30. The fourth-order valence-electron chi connectivity index (χ4n) is 2.30. The summed E-state index contributed by atoms with van der Waals surface area (Å²) < 4.78 is 0. The van der Waals surface area contributed by atoms with E-state index in [1.807, 2.05) is 12.1 Å². The van der Waals surface area contributed by atoms with Gasteiger partial charge >= 0.3 is 0 Å². The van der Waals surface area contributed by atoms with Crippen LogP contribution in [-0.2, 0) is 0 Å². The van der Waals surface area contributed by atoms with Crippen molar-refractivity contribution < 1.29 is 0 Å². The summed E-state index contributed by atoms with van der Waals surface area (Å²) in [6.45, 7) is 4.28. The second-order valence-corrected chi connectivity index (χ2v) is 4.58. The van der Waals surface area contributed by atoms with Crippen molar-refractivity contribution in [2.45, 2.75) is 0 Å². The average molecular weight is 221 g/mol. The molecule has 0 saturated carbocycles. The largest absolute Gasteiger partial charge is 0.363 e. The Bertz CT molecular complexity index is 392. The fraction of sp³-hybridized carbons (Fsp3) is 0.333. The Morgan fingerprint density at radius 3 is 2.20 bits per heavy atom. The summed E-state index contributed by atoms with van der Waals surface area (Å²) in [6.07, 6.45) is 0. The predicted molar refractivity (Wildman–Crippen MR) is 63.6 cm³/mol. The molecule has 0 fully saturated rings. The zero-order valence-corrected chi connectivity index (χ0v) is 9.22. The molecule has 1 N–H and O–H groups in total. The van der Waals surface area contributed by atoms with Gasteiger partial charge in [-0.3, -0.25) is 0 Å². The van der Waals surface area contributed by atoms with E-state index in [0.29, 0.717) is 0 Å². The van der Waals surface area contributed by atoms with Gasteiger partial charge in [-0.2, -0.15) is 0 Å². The molecule has 2 aliphatic rings. The Labute approximate surface area is 94.5 Å². The van der Waals surface area contributed by atoms with Crippen LogP contribution in [0.15, 0.2) is 35.4 Å². The number of rotatable bonds is 1. The van der Waals surface area contributed by atoms with Crippen LogP contribution in [0.3, 0.4) is 0 Å². The van der Waals surface area contributed by atoms with E-state index in [2.05, 4.69) is 22.3 Å². The molecule has 0 spiro atoms. The lowest BCUT2D eigenvalue weighted by atomic mass is 10.2. The van der Waals surface area contributed by atoms with Gasteiger partial charge in [-0.1, -0.05) is 11.6 Å². The van der Waals surface area contributed by atoms with Gasteiger partial charge in [0, 0.05) is 36.9 Å². The second-order valence-electron chi connectivity index (χ2n) is 4.14. The van der Waals surface area contributed by atoms with Gasteiger partial charge in [0.2, 0.25) is 0 Å². The third kappa shape index (κ3) is 1.64. The van der Waals surface area contributed by atoms with E-state index >= 15 is 0 Å². The van der Waals surface area contributed by atoms with Crippen molar-refractivity contribution in [3.05, 3.63) is 40.4 Å². The highest BCUT2D eigenvalue weighted by Gasteiger charge is 2.24. The lowest BCUT2D eigenvalue weighted by Gasteiger charge is -2.20. The van der Waals surface area contributed by atoms with E-state index in [1.54, 1.807) is 11.1 Å². The standard InChI is InChI=1S/C12H13ClN2/c13-11-1-3-12(4-2-11)15-7-9-5-14-6-10(9)8-15/h1-4,14H,5-8H2. The van der Waals surface area contributed by atoms with Crippen LogP contribution in [0.2, 0.25) is 5.02 Å². The van der Waals surface area contributed by atoms with E-state index in [1.165, 1.54) is 5.69 Å². The molecule has 0 aromatic heterocycles. The first-order chi connectivity index (χ1) is 7.33. The molecule has 0 saturated heterocycles. The fourth-order valence-corrected chi connectivity index (χ4v) is 2.43. The first-order valence-electron chi connectivity index (χ1n) is 5.24. The molecule has 3 heteroatoms. The van der Waals surface area contributed by atoms with Gasteiger partial charge in [0.15, 0.2) is 0 Å². The van der Waals surface area contributed by atoms with Gasteiger partial charge in [-0.15, -0.1) is 0 Å². The van der Waals surface area contributed by atoms with Crippen LogP contribution in [0.1, 0.15) is 0 Å². The number of anilines is 1. The Kier molecular flexibility index (Phi) is 2.19. The van der Waals surface area contributed by atoms with Crippen molar-refractivity contribution in [2.75, 3.05) is 31.1 Å². The SMILES string of the molecule is Clc1ccc(N2CC3=C(CNC3)C2)cc1. The molecule has 0 bridgehead atoms. The summed E-state index contributed by atoms with van der Waals surface area (Å²) in [5, 5.41) is 4.19. The summed E-state index contributed by atoms with van der Waals surface area (Å²) in [6, 6.07) is 8.10. The van der Waals surface area contributed by atoms with E-state index in [9.17, 15) is 0 Å². The van der Waals surface area contributed by atoms with E-state index in [0.717, 1.165) is 31.2 Å². The molecular weight excluding hydrogens is 208 g/mol.